The van der Waals surface area contributed by atoms with Crippen molar-refractivity contribution in [2.24, 2.45) is 5.10 Å². The number of rotatable bonds is 5. The molecule has 1 amide bonds. The highest BCUT2D eigenvalue weighted by molar-refractivity contribution is 7.09. The molecule has 0 bridgehead atoms. The topological polar surface area (TPSA) is 59.3 Å². The van der Waals surface area contributed by atoms with Crippen LogP contribution in [0.4, 0.5) is 0 Å². The quantitative estimate of drug-likeness (QED) is 0.680. The van der Waals surface area contributed by atoms with Gasteiger partial charge in [-0.05, 0) is 40.7 Å². The molecule has 0 aliphatic rings. The van der Waals surface area contributed by atoms with Gasteiger partial charge in [-0.3, -0.25) is 4.79 Å². The standard InChI is InChI=1S/C16H22N4OS/c1-10(2)20-11(3)6-14(12(20)4)8-17-19-16(21)7-15-9-22-13(5)18-15/h6,8-10H,7H2,1-5H3,(H,19,21)/b17-8-. The highest BCUT2D eigenvalue weighted by Gasteiger charge is 2.10. The smallest absolute Gasteiger partial charge is 0.246 e. The number of aromatic nitrogens is 2. The van der Waals surface area contributed by atoms with Crippen LogP contribution in [-0.4, -0.2) is 21.7 Å². The SMILES string of the molecule is Cc1nc(CC(=O)N/N=C\c2cc(C)n(C(C)C)c2C)cs1. The van der Waals surface area contributed by atoms with Crippen LogP contribution in [0.1, 0.15) is 47.5 Å². The number of amides is 1. The van der Waals surface area contributed by atoms with Crippen LogP contribution in [0.5, 0.6) is 0 Å². The summed E-state index contributed by atoms with van der Waals surface area (Å²) in [6, 6.07) is 2.49. The Hall–Kier alpha value is -1.95. The second-order valence-corrected chi connectivity index (χ2v) is 6.68. The average molecular weight is 318 g/mol. The van der Waals surface area contributed by atoms with Crippen LogP contribution in [0.3, 0.4) is 0 Å². The Kier molecular flexibility index (Phi) is 5.13. The summed E-state index contributed by atoms with van der Waals surface area (Å²) < 4.78 is 2.25. The van der Waals surface area contributed by atoms with Gasteiger partial charge in [0.1, 0.15) is 0 Å². The molecule has 118 valence electrons. The lowest BCUT2D eigenvalue weighted by Gasteiger charge is -2.13. The van der Waals surface area contributed by atoms with Crippen molar-refractivity contribution in [3.63, 3.8) is 0 Å². The van der Waals surface area contributed by atoms with Gasteiger partial charge in [0, 0.05) is 28.4 Å². The average Bonchev–Trinajstić information content (AvgIpc) is 2.93. The fourth-order valence-electron chi connectivity index (χ4n) is 2.60. The summed E-state index contributed by atoms with van der Waals surface area (Å²) in [5.74, 6) is -0.154. The van der Waals surface area contributed by atoms with Gasteiger partial charge in [0.15, 0.2) is 0 Å². The van der Waals surface area contributed by atoms with Gasteiger partial charge in [0.25, 0.3) is 0 Å². The summed E-state index contributed by atoms with van der Waals surface area (Å²) in [5.41, 5.74) is 6.72. The van der Waals surface area contributed by atoms with E-state index in [2.05, 4.69) is 53.8 Å². The normalized spacial score (nSPS) is 11.5. The van der Waals surface area contributed by atoms with Crippen LogP contribution < -0.4 is 5.43 Å². The van der Waals surface area contributed by atoms with E-state index in [9.17, 15) is 4.79 Å². The maximum absolute atomic E-state index is 11.8. The first-order valence-electron chi connectivity index (χ1n) is 7.29. The molecule has 0 fully saturated rings. The van der Waals surface area contributed by atoms with E-state index in [4.69, 9.17) is 0 Å². The molecule has 2 heterocycles. The molecule has 2 rings (SSSR count). The zero-order valence-electron chi connectivity index (χ0n) is 13.7. The van der Waals surface area contributed by atoms with Crippen LogP contribution in [0.15, 0.2) is 16.5 Å². The fourth-order valence-corrected chi connectivity index (χ4v) is 3.21. The second kappa shape index (κ2) is 6.87. The molecule has 0 radical (unpaired) electrons. The highest BCUT2D eigenvalue weighted by Crippen LogP contribution is 2.18. The number of hydrazone groups is 1. The van der Waals surface area contributed by atoms with Crippen LogP contribution in [0.2, 0.25) is 0 Å². The Balaban J connectivity index is 1.98. The number of hydrogen-bond acceptors (Lipinski definition) is 4. The van der Waals surface area contributed by atoms with E-state index in [1.54, 1.807) is 17.6 Å². The molecule has 1 N–H and O–H groups in total. The fraction of sp³-hybridized carbons (Fsp3) is 0.438. The number of aryl methyl sites for hydroxylation is 2. The monoisotopic (exact) mass is 318 g/mol. The van der Waals surface area contributed by atoms with Gasteiger partial charge in [0.2, 0.25) is 5.91 Å². The van der Waals surface area contributed by atoms with Gasteiger partial charge in [-0.2, -0.15) is 5.10 Å². The zero-order valence-corrected chi connectivity index (χ0v) is 14.5. The molecule has 22 heavy (non-hydrogen) atoms. The minimum Gasteiger partial charge on any atom is -0.346 e. The van der Waals surface area contributed by atoms with Gasteiger partial charge < -0.3 is 4.57 Å². The molecule has 0 atom stereocenters. The number of thiazole rings is 1. The van der Waals surface area contributed by atoms with Crippen LogP contribution in [-0.2, 0) is 11.2 Å². The van der Waals surface area contributed by atoms with Gasteiger partial charge >= 0.3 is 0 Å². The van der Waals surface area contributed by atoms with Crippen molar-refractivity contribution in [3.8, 4) is 0 Å². The van der Waals surface area contributed by atoms with E-state index in [0.29, 0.717) is 6.04 Å². The number of carbonyl (C=O) groups excluding carboxylic acids is 1. The summed E-state index contributed by atoms with van der Waals surface area (Å²) in [5, 5.41) is 6.92. The second-order valence-electron chi connectivity index (χ2n) is 5.62. The molecule has 0 aliphatic heterocycles. The third-order valence-corrected chi connectivity index (χ3v) is 4.26. The molecule has 0 spiro atoms. The van der Waals surface area contributed by atoms with Gasteiger partial charge in [-0.15, -0.1) is 11.3 Å². The van der Waals surface area contributed by atoms with Crippen molar-refractivity contribution in [2.45, 2.75) is 47.1 Å². The minimum atomic E-state index is -0.154. The van der Waals surface area contributed by atoms with Crippen molar-refractivity contribution >= 4 is 23.5 Å². The van der Waals surface area contributed by atoms with Gasteiger partial charge in [-0.1, -0.05) is 0 Å². The molecule has 0 saturated carbocycles. The first-order chi connectivity index (χ1) is 10.4. The molecule has 2 aromatic rings. The molecular weight excluding hydrogens is 296 g/mol. The zero-order chi connectivity index (χ0) is 16.3. The molecule has 6 heteroatoms. The van der Waals surface area contributed by atoms with E-state index in [0.717, 1.165) is 22.0 Å². The molecule has 0 aliphatic carbocycles. The first kappa shape index (κ1) is 16.4. The Bertz CT molecular complexity index is 697. The van der Waals surface area contributed by atoms with Crippen molar-refractivity contribution in [1.82, 2.24) is 15.0 Å². The predicted molar refractivity (Wildman–Crippen MR) is 90.6 cm³/mol. The lowest BCUT2D eigenvalue weighted by atomic mass is 10.2. The number of carbonyl (C=O) groups is 1. The molecular formula is C16H22N4OS. The predicted octanol–water partition coefficient (Wildman–Crippen LogP) is 3.14. The van der Waals surface area contributed by atoms with E-state index < -0.39 is 0 Å². The lowest BCUT2D eigenvalue weighted by Crippen LogP contribution is -2.20. The van der Waals surface area contributed by atoms with Crippen LogP contribution >= 0.6 is 11.3 Å². The molecule has 0 saturated heterocycles. The van der Waals surface area contributed by atoms with Gasteiger partial charge in [-0.25, -0.2) is 10.4 Å². The Labute approximate surface area is 135 Å². The number of nitrogens with zero attached hydrogens (tertiary/aromatic N) is 3. The number of nitrogens with one attached hydrogen (secondary N) is 1. The third-order valence-electron chi connectivity index (χ3n) is 3.44. The third kappa shape index (κ3) is 3.82. The Morgan fingerprint density at radius 3 is 2.73 bits per heavy atom. The van der Waals surface area contributed by atoms with Crippen molar-refractivity contribution < 1.29 is 4.79 Å². The van der Waals surface area contributed by atoms with E-state index in [1.165, 1.54) is 5.69 Å². The van der Waals surface area contributed by atoms with E-state index >= 15 is 0 Å². The van der Waals surface area contributed by atoms with Gasteiger partial charge in [0.05, 0.1) is 23.3 Å². The maximum Gasteiger partial charge on any atom is 0.246 e. The summed E-state index contributed by atoms with van der Waals surface area (Å²) in [4.78, 5) is 16.1. The van der Waals surface area contributed by atoms with Crippen molar-refractivity contribution in [1.29, 1.82) is 0 Å². The summed E-state index contributed by atoms with van der Waals surface area (Å²) in [7, 11) is 0. The lowest BCUT2D eigenvalue weighted by molar-refractivity contribution is -0.120. The molecule has 0 unspecified atom stereocenters. The highest BCUT2D eigenvalue weighted by atomic mass is 32.1. The van der Waals surface area contributed by atoms with Crippen LogP contribution in [0.25, 0.3) is 0 Å². The Morgan fingerprint density at radius 2 is 2.18 bits per heavy atom. The summed E-state index contributed by atoms with van der Waals surface area (Å²) >= 11 is 1.54. The first-order valence-corrected chi connectivity index (χ1v) is 8.17. The summed E-state index contributed by atoms with van der Waals surface area (Å²) in [6.45, 7) is 10.4. The van der Waals surface area contributed by atoms with Crippen molar-refractivity contribution in [3.05, 3.63) is 39.1 Å². The summed E-state index contributed by atoms with van der Waals surface area (Å²) in [6.07, 6.45) is 1.96. The maximum atomic E-state index is 11.8. The van der Waals surface area contributed by atoms with Crippen molar-refractivity contribution in [2.75, 3.05) is 0 Å². The van der Waals surface area contributed by atoms with E-state index in [-0.39, 0.29) is 12.3 Å². The number of hydrogen-bond donors (Lipinski definition) is 1. The van der Waals surface area contributed by atoms with Crippen LogP contribution in [0, 0.1) is 20.8 Å². The molecule has 5 nitrogen and oxygen atoms in total. The molecule has 0 aromatic carbocycles. The van der Waals surface area contributed by atoms with E-state index in [1.807, 2.05) is 12.3 Å². The largest absolute Gasteiger partial charge is 0.346 e. The Morgan fingerprint density at radius 1 is 1.45 bits per heavy atom. The molecule has 2 aromatic heterocycles. The minimum absolute atomic E-state index is 0.154.